The number of benzene rings is 2. The van der Waals surface area contributed by atoms with Crippen LogP contribution in [0.5, 0.6) is 11.5 Å². The van der Waals surface area contributed by atoms with E-state index in [9.17, 15) is 14.4 Å². The average Bonchev–Trinajstić information content (AvgIpc) is 2.89. The fourth-order valence-corrected chi connectivity index (χ4v) is 5.47. The van der Waals surface area contributed by atoms with Crippen molar-refractivity contribution in [3.8, 4) is 11.5 Å². The number of hydrogen-bond acceptors (Lipinski definition) is 5. The van der Waals surface area contributed by atoms with Gasteiger partial charge < -0.3 is 20.7 Å². The number of nitrogens with one attached hydrogen (secondary N) is 1. The van der Waals surface area contributed by atoms with E-state index in [4.69, 9.17) is 10.5 Å². The maximum Gasteiger partial charge on any atom is 0.248 e. The molecule has 8 heteroatoms. The Balaban J connectivity index is 1.36. The average molecular weight is 521 g/mol. The van der Waals surface area contributed by atoms with Gasteiger partial charge in [-0.15, -0.1) is 0 Å². The molecule has 1 atom stereocenters. The molecule has 0 aliphatic carbocycles. The van der Waals surface area contributed by atoms with E-state index in [-0.39, 0.29) is 11.8 Å². The molecule has 8 nitrogen and oxygen atoms in total. The van der Waals surface area contributed by atoms with Crippen LogP contribution in [-0.2, 0) is 16.1 Å². The number of amides is 3. The number of rotatable bonds is 10. The van der Waals surface area contributed by atoms with E-state index in [1.54, 1.807) is 24.3 Å². The molecular formula is C30H40N4O4. The van der Waals surface area contributed by atoms with Gasteiger partial charge in [0.1, 0.15) is 23.1 Å². The Bertz CT molecular complexity index is 1120. The van der Waals surface area contributed by atoms with Crippen LogP contribution < -0.4 is 15.8 Å². The SMILES string of the molecule is CCCCN1C(=O)[C@H](CC(C)C)NC(=O)C12CCN(Cc1ccc(Oc3ccc(C(N)=O)cc3)cc1)CC2. The normalized spacial score (nSPS) is 19.6. The molecule has 0 radical (unpaired) electrons. The number of primary amides is 1. The second-order valence-corrected chi connectivity index (χ2v) is 10.9. The predicted octanol–water partition coefficient (Wildman–Crippen LogP) is 4.09. The lowest BCUT2D eigenvalue weighted by Gasteiger charge is -2.52. The smallest absolute Gasteiger partial charge is 0.248 e. The van der Waals surface area contributed by atoms with Gasteiger partial charge in [0.25, 0.3) is 0 Å². The lowest BCUT2D eigenvalue weighted by atomic mass is 9.80. The molecular weight excluding hydrogens is 480 g/mol. The summed E-state index contributed by atoms with van der Waals surface area (Å²) in [5.41, 5.74) is 6.15. The maximum absolute atomic E-state index is 13.4. The summed E-state index contributed by atoms with van der Waals surface area (Å²) in [6, 6.07) is 14.2. The Hall–Kier alpha value is -3.39. The number of nitrogens with two attached hydrogens (primary N) is 1. The number of carbonyl (C=O) groups is 3. The van der Waals surface area contributed by atoms with Crippen molar-refractivity contribution in [1.29, 1.82) is 0 Å². The highest BCUT2D eigenvalue weighted by Gasteiger charge is 2.53. The third kappa shape index (κ3) is 6.18. The lowest BCUT2D eigenvalue weighted by Crippen LogP contribution is -2.73. The van der Waals surface area contributed by atoms with Gasteiger partial charge in [0.2, 0.25) is 17.7 Å². The number of piperazine rings is 1. The fourth-order valence-electron chi connectivity index (χ4n) is 5.47. The van der Waals surface area contributed by atoms with Crippen molar-refractivity contribution in [3.63, 3.8) is 0 Å². The molecule has 3 N–H and O–H groups in total. The van der Waals surface area contributed by atoms with Crippen LogP contribution in [0, 0.1) is 5.92 Å². The van der Waals surface area contributed by atoms with Crippen LogP contribution in [0.25, 0.3) is 0 Å². The van der Waals surface area contributed by atoms with Crippen molar-refractivity contribution in [1.82, 2.24) is 15.1 Å². The van der Waals surface area contributed by atoms with E-state index in [2.05, 4.69) is 31.0 Å². The maximum atomic E-state index is 13.4. The molecule has 0 saturated carbocycles. The standard InChI is InChI=1S/C30H40N4O4/c1-4-5-16-34-28(36)26(19-21(2)3)32-29(37)30(34)14-17-33(18-15-30)20-22-6-10-24(11-7-22)38-25-12-8-23(9-13-25)27(31)35/h6-13,21,26H,4-5,14-20H2,1-3H3,(H2,31,35)(H,32,37)/t26-/m0/s1. The van der Waals surface area contributed by atoms with Gasteiger partial charge in [-0.05, 0) is 73.6 Å². The third-order valence-electron chi connectivity index (χ3n) is 7.64. The van der Waals surface area contributed by atoms with Gasteiger partial charge >= 0.3 is 0 Å². The molecule has 2 aromatic rings. The number of carbonyl (C=O) groups excluding carboxylic acids is 3. The summed E-state index contributed by atoms with van der Waals surface area (Å²) >= 11 is 0. The zero-order valence-corrected chi connectivity index (χ0v) is 22.7. The van der Waals surface area contributed by atoms with E-state index in [1.807, 2.05) is 29.2 Å². The first kappa shape index (κ1) is 27.6. The first-order valence-electron chi connectivity index (χ1n) is 13.7. The molecule has 0 aromatic heterocycles. The van der Waals surface area contributed by atoms with Gasteiger partial charge in [-0.3, -0.25) is 19.3 Å². The molecule has 38 heavy (non-hydrogen) atoms. The largest absolute Gasteiger partial charge is 0.457 e. The number of piperidine rings is 1. The quantitative estimate of drug-likeness (QED) is 0.491. The molecule has 2 aliphatic heterocycles. The highest BCUT2D eigenvalue weighted by atomic mass is 16.5. The zero-order chi connectivity index (χ0) is 27.3. The topological polar surface area (TPSA) is 105 Å². The van der Waals surface area contributed by atoms with Crippen LogP contribution in [0.3, 0.4) is 0 Å². The van der Waals surface area contributed by atoms with Gasteiger partial charge in [-0.2, -0.15) is 0 Å². The Kier molecular flexibility index (Phi) is 8.72. The molecule has 0 unspecified atom stereocenters. The van der Waals surface area contributed by atoms with Crippen molar-refractivity contribution in [2.24, 2.45) is 11.7 Å². The van der Waals surface area contributed by atoms with Crippen LogP contribution in [0.4, 0.5) is 0 Å². The van der Waals surface area contributed by atoms with Crippen LogP contribution in [0.1, 0.15) is 68.8 Å². The second-order valence-electron chi connectivity index (χ2n) is 10.9. The monoisotopic (exact) mass is 520 g/mol. The van der Waals surface area contributed by atoms with Gasteiger partial charge in [0.15, 0.2) is 0 Å². The van der Waals surface area contributed by atoms with Gasteiger partial charge in [0.05, 0.1) is 0 Å². The number of nitrogens with zero attached hydrogens (tertiary/aromatic N) is 2. The minimum Gasteiger partial charge on any atom is -0.457 e. The summed E-state index contributed by atoms with van der Waals surface area (Å²) in [4.78, 5) is 42.4. The Labute approximate surface area is 225 Å². The molecule has 2 aromatic carbocycles. The predicted molar refractivity (Wildman–Crippen MR) is 147 cm³/mol. The molecule has 2 fully saturated rings. The van der Waals surface area contributed by atoms with Crippen LogP contribution >= 0.6 is 0 Å². The van der Waals surface area contributed by atoms with Crippen molar-refractivity contribution < 1.29 is 19.1 Å². The Morgan fingerprint density at radius 2 is 1.66 bits per heavy atom. The van der Waals surface area contributed by atoms with Gasteiger partial charge in [0, 0.05) is 31.7 Å². The molecule has 0 bridgehead atoms. The van der Waals surface area contributed by atoms with E-state index in [1.165, 1.54) is 0 Å². The van der Waals surface area contributed by atoms with E-state index in [0.29, 0.717) is 48.8 Å². The number of ether oxygens (including phenoxy) is 1. The molecule has 204 valence electrons. The van der Waals surface area contributed by atoms with Gasteiger partial charge in [-0.1, -0.05) is 39.3 Å². The summed E-state index contributed by atoms with van der Waals surface area (Å²) in [5.74, 6) is 1.31. The third-order valence-corrected chi connectivity index (χ3v) is 7.64. The molecule has 2 aliphatic rings. The van der Waals surface area contributed by atoms with Crippen LogP contribution in [0.15, 0.2) is 48.5 Å². The summed E-state index contributed by atoms with van der Waals surface area (Å²) in [5, 5.41) is 3.08. The number of unbranched alkanes of at least 4 members (excludes halogenated alkanes) is 1. The number of hydrogen-bond donors (Lipinski definition) is 2. The first-order chi connectivity index (χ1) is 18.2. The van der Waals surface area contributed by atoms with Crippen molar-refractivity contribution >= 4 is 17.7 Å². The van der Waals surface area contributed by atoms with Gasteiger partial charge in [-0.25, -0.2) is 0 Å². The molecule has 2 saturated heterocycles. The molecule has 3 amide bonds. The van der Waals surface area contributed by atoms with Crippen molar-refractivity contribution in [3.05, 3.63) is 59.7 Å². The Morgan fingerprint density at radius 1 is 1.05 bits per heavy atom. The summed E-state index contributed by atoms with van der Waals surface area (Å²) in [6.45, 7) is 9.20. The fraction of sp³-hybridized carbons (Fsp3) is 0.500. The van der Waals surface area contributed by atoms with E-state index < -0.39 is 17.5 Å². The lowest BCUT2D eigenvalue weighted by molar-refractivity contribution is -0.161. The summed E-state index contributed by atoms with van der Waals surface area (Å²) in [7, 11) is 0. The molecule has 2 heterocycles. The highest BCUT2D eigenvalue weighted by molar-refractivity contribution is 6.00. The van der Waals surface area contributed by atoms with E-state index >= 15 is 0 Å². The molecule has 4 rings (SSSR count). The van der Waals surface area contributed by atoms with Crippen LogP contribution in [0.2, 0.25) is 0 Å². The summed E-state index contributed by atoms with van der Waals surface area (Å²) in [6.07, 6.45) is 3.85. The van der Waals surface area contributed by atoms with E-state index in [0.717, 1.165) is 38.0 Å². The molecule has 1 spiro atoms. The van der Waals surface area contributed by atoms with Crippen LogP contribution in [-0.4, -0.2) is 58.7 Å². The zero-order valence-electron chi connectivity index (χ0n) is 22.7. The highest BCUT2D eigenvalue weighted by Crippen LogP contribution is 2.35. The summed E-state index contributed by atoms with van der Waals surface area (Å²) < 4.78 is 5.88. The first-order valence-corrected chi connectivity index (χ1v) is 13.7. The van der Waals surface area contributed by atoms with Crippen molar-refractivity contribution in [2.45, 2.75) is 71.0 Å². The Morgan fingerprint density at radius 3 is 2.21 bits per heavy atom. The van der Waals surface area contributed by atoms with Crippen molar-refractivity contribution in [2.75, 3.05) is 19.6 Å². The minimum atomic E-state index is -0.738. The number of likely N-dealkylation sites (tertiary alicyclic amines) is 1. The minimum absolute atomic E-state index is 0.0175. The second kappa shape index (κ2) is 12.0.